The number of carbonyl (C=O) groups is 1. The van der Waals surface area contributed by atoms with Crippen molar-refractivity contribution in [3.8, 4) is 0 Å². The molecule has 0 aliphatic carbocycles. The summed E-state index contributed by atoms with van der Waals surface area (Å²) in [7, 11) is -7.86. The number of thioether (sulfide) groups is 1. The van der Waals surface area contributed by atoms with Gasteiger partial charge in [-0.3, -0.25) is 14.2 Å². The van der Waals surface area contributed by atoms with E-state index in [2.05, 4.69) is 16.4 Å². The van der Waals surface area contributed by atoms with Crippen LogP contribution in [0.4, 0.5) is 11.4 Å². The highest BCUT2D eigenvalue weighted by atomic mass is 32.2. The maximum atomic E-state index is 13.2. The molecule has 0 atom stereocenters. The van der Waals surface area contributed by atoms with Crippen LogP contribution in [-0.4, -0.2) is 47.0 Å². The Balaban J connectivity index is 1.53. The van der Waals surface area contributed by atoms with Gasteiger partial charge in [0.15, 0.2) is 0 Å². The van der Waals surface area contributed by atoms with Crippen LogP contribution in [0.2, 0.25) is 0 Å². The van der Waals surface area contributed by atoms with E-state index in [9.17, 15) is 21.6 Å². The van der Waals surface area contributed by atoms with E-state index in [1.807, 2.05) is 6.26 Å². The lowest BCUT2D eigenvalue weighted by atomic mass is 9.98. The van der Waals surface area contributed by atoms with Gasteiger partial charge in [0.05, 0.1) is 15.4 Å². The lowest BCUT2D eigenvalue weighted by molar-refractivity contribution is 0.0693. The van der Waals surface area contributed by atoms with E-state index in [0.29, 0.717) is 35.2 Å². The van der Waals surface area contributed by atoms with Crippen LogP contribution in [0.1, 0.15) is 30.1 Å². The third-order valence-electron chi connectivity index (χ3n) is 6.23. The van der Waals surface area contributed by atoms with Crippen LogP contribution in [0.15, 0.2) is 87.5 Å². The number of para-hydroxylation sites is 1. The van der Waals surface area contributed by atoms with Gasteiger partial charge in [0.1, 0.15) is 0 Å². The van der Waals surface area contributed by atoms with Gasteiger partial charge in [-0.1, -0.05) is 25.1 Å². The molecule has 0 radical (unpaired) electrons. The molecule has 0 saturated carbocycles. The number of benzene rings is 3. The second-order valence-electron chi connectivity index (χ2n) is 8.94. The second-order valence-corrected chi connectivity index (χ2v) is 13.2. The number of nitrogens with zero attached hydrogens (tertiary/aromatic N) is 1. The Morgan fingerprint density at radius 1 is 0.811 bits per heavy atom. The molecular formula is C26H29N3O5S3. The number of amides is 1. The third kappa shape index (κ3) is 6.46. The van der Waals surface area contributed by atoms with Crippen molar-refractivity contribution in [2.75, 3.05) is 28.8 Å². The normalized spacial score (nSPS) is 14.8. The smallest absolute Gasteiger partial charge is 0.261 e. The number of likely N-dealkylation sites (tertiary alicyclic amines) is 1. The molecule has 0 aromatic heterocycles. The number of hydrogen-bond donors (Lipinski definition) is 2. The molecule has 1 fully saturated rings. The molecule has 196 valence electrons. The Bertz CT molecular complexity index is 1470. The van der Waals surface area contributed by atoms with E-state index in [1.54, 1.807) is 41.3 Å². The molecule has 1 saturated heterocycles. The molecule has 1 amide bonds. The Morgan fingerprint density at radius 3 is 1.95 bits per heavy atom. The number of piperidine rings is 1. The van der Waals surface area contributed by atoms with Gasteiger partial charge in [0.25, 0.3) is 26.0 Å². The van der Waals surface area contributed by atoms with Crippen molar-refractivity contribution < 1.29 is 21.6 Å². The van der Waals surface area contributed by atoms with Crippen molar-refractivity contribution in [2.45, 2.75) is 34.5 Å². The summed E-state index contributed by atoms with van der Waals surface area (Å²) < 4.78 is 56.5. The summed E-state index contributed by atoms with van der Waals surface area (Å²) in [5.41, 5.74) is 0.981. The standard InChI is InChI=1S/C26H29N3O5S3/c1-19-14-16-29(17-15-19)26(30)24-18-23(12-13-25(24)35-2)37(33,34)28-21-8-10-22(11-9-21)36(31,32)27-20-6-4-3-5-7-20/h3-13,18-19,27-28H,14-17H2,1-2H3. The largest absolute Gasteiger partial charge is 0.339 e. The van der Waals surface area contributed by atoms with Gasteiger partial charge in [0, 0.05) is 29.4 Å². The first-order valence-corrected chi connectivity index (χ1v) is 16.0. The van der Waals surface area contributed by atoms with E-state index in [0.717, 1.165) is 12.8 Å². The van der Waals surface area contributed by atoms with Crippen LogP contribution in [-0.2, 0) is 20.0 Å². The summed E-state index contributed by atoms with van der Waals surface area (Å²) in [5, 5.41) is 0. The van der Waals surface area contributed by atoms with Crippen LogP contribution in [0.3, 0.4) is 0 Å². The van der Waals surface area contributed by atoms with Gasteiger partial charge in [-0.2, -0.15) is 0 Å². The topological polar surface area (TPSA) is 113 Å². The maximum Gasteiger partial charge on any atom is 0.261 e. The minimum atomic E-state index is -4.03. The zero-order valence-corrected chi connectivity index (χ0v) is 23.0. The van der Waals surface area contributed by atoms with Gasteiger partial charge in [-0.05, 0) is 79.6 Å². The predicted octanol–water partition coefficient (Wildman–Crippen LogP) is 4.88. The lowest BCUT2D eigenvalue weighted by Crippen LogP contribution is -2.38. The van der Waals surface area contributed by atoms with E-state index < -0.39 is 20.0 Å². The fourth-order valence-electron chi connectivity index (χ4n) is 4.04. The number of carbonyl (C=O) groups excluding carboxylic acids is 1. The summed E-state index contributed by atoms with van der Waals surface area (Å²) in [4.78, 5) is 15.7. The Morgan fingerprint density at radius 2 is 1.35 bits per heavy atom. The molecule has 8 nitrogen and oxygen atoms in total. The number of rotatable bonds is 8. The first kappa shape index (κ1) is 27.0. The van der Waals surface area contributed by atoms with Crippen LogP contribution in [0.5, 0.6) is 0 Å². The highest BCUT2D eigenvalue weighted by Gasteiger charge is 2.25. The van der Waals surface area contributed by atoms with Crippen molar-refractivity contribution in [2.24, 2.45) is 5.92 Å². The van der Waals surface area contributed by atoms with E-state index in [4.69, 9.17) is 0 Å². The fourth-order valence-corrected chi connectivity index (χ4v) is 6.75. The van der Waals surface area contributed by atoms with Crippen molar-refractivity contribution in [1.82, 2.24) is 4.90 Å². The molecule has 4 rings (SSSR count). The van der Waals surface area contributed by atoms with Crippen molar-refractivity contribution >= 4 is 49.1 Å². The number of nitrogens with one attached hydrogen (secondary N) is 2. The molecule has 2 N–H and O–H groups in total. The number of anilines is 2. The maximum absolute atomic E-state index is 13.2. The monoisotopic (exact) mass is 559 g/mol. The van der Waals surface area contributed by atoms with Crippen LogP contribution in [0, 0.1) is 5.92 Å². The average molecular weight is 560 g/mol. The molecule has 0 bridgehead atoms. The van der Waals surface area contributed by atoms with E-state index in [-0.39, 0.29) is 21.4 Å². The van der Waals surface area contributed by atoms with Crippen molar-refractivity contribution in [3.05, 3.63) is 78.4 Å². The average Bonchev–Trinajstić information content (AvgIpc) is 2.89. The minimum Gasteiger partial charge on any atom is -0.339 e. The van der Waals surface area contributed by atoms with Gasteiger partial charge >= 0.3 is 0 Å². The highest BCUT2D eigenvalue weighted by Crippen LogP contribution is 2.28. The van der Waals surface area contributed by atoms with Gasteiger partial charge < -0.3 is 4.90 Å². The molecule has 37 heavy (non-hydrogen) atoms. The number of sulfonamides is 2. The SMILES string of the molecule is CSc1ccc(S(=O)(=O)Nc2ccc(S(=O)(=O)Nc3ccccc3)cc2)cc1C(=O)N1CCC(C)CC1. The summed E-state index contributed by atoms with van der Waals surface area (Å²) in [5.74, 6) is 0.393. The summed E-state index contributed by atoms with van der Waals surface area (Å²) >= 11 is 1.39. The predicted molar refractivity (Wildman–Crippen MR) is 147 cm³/mol. The Hall–Kier alpha value is -3.02. The van der Waals surface area contributed by atoms with Gasteiger partial charge in [0.2, 0.25) is 0 Å². The molecule has 11 heteroatoms. The van der Waals surface area contributed by atoms with Gasteiger partial charge in [-0.15, -0.1) is 11.8 Å². The summed E-state index contributed by atoms with van der Waals surface area (Å²) in [6.45, 7) is 3.46. The zero-order valence-electron chi connectivity index (χ0n) is 20.5. The van der Waals surface area contributed by atoms with Crippen LogP contribution in [0.25, 0.3) is 0 Å². The third-order valence-corrected chi connectivity index (χ3v) is 9.80. The molecule has 1 heterocycles. The summed E-state index contributed by atoms with van der Waals surface area (Å²) in [6, 6.07) is 18.4. The molecule has 1 aliphatic heterocycles. The van der Waals surface area contributed by atoms with Crippen molar-refractivity contribution in [1.29, 1.82) is 0 Å². The molecule has 1 aliphatic rings. The Kier molecular flexibility index (Phi) is 8.15. The highest BCUT2D eigenvalue weighted by molar-refractivity contribution is 7.98. The number of hydrogen-bond acceptors (Lipinski definition) is 6. The van der Waals surface area contributed by atoms with Gasteiger partial charge in [-0.25, -0.2) is 16.8 Å². The first-order chi connectivity index (χ1) is 17.6. The van der Waals surface area contributed by atoms with E-state index >= 15 is 0 Å². The minimum absolute atomic E-state index is 0.00708. The molecule has 0 spiro atoms. The van der Waals surface area contributed by atoms with Crippen molar-refractivity contribution in [3.63, 3.8) is 0 Å². The molecular weight excluding hydrogens is 531 g/mol. The molecule has 0 unspecified atom stereocenters. The van der Waals surface area contributed by atoms with Crippen LogP contribution < -0.4 is 9.44 Å². The summed E-state index contributed by atoms with van der Waals surface area (Å²) in [6.07, 6.45) is 3.69. The zero-order chi connectivity index (χ0) is 26.6. The van der Waals surface area contributed by atoms with Crippen LogP contribution >= 0.6 is 11.8 Å². The molecule has 3 aromatic rings. The lowest BCUT2D eigenvalue weighted by Gasteiger charge is -2.30. The quantitative estimate of drug-likeness (QED) is 0.381. The second kappa shape index (κ2) is 11.2. The van der Waals surface area contributed by atoms with E-state index in [1.165, 1.54) is 48.2 Å². The first-order valence-electron chi connectivity index (χ1n) is 11.8. The fraction of sp³-hybridized carbons (Fsp3) is 0.269. The Labute approximate surface area is 222 Å². The molecule has 3 aromatic carbocycles.